The SMILES string of the molecule is COCCOc1cc2c(NCc3cccc(C(F)(F)C(C)(C)O)c3F)nc(C)nc2cc1C#CC1CC1. The zero-order valence-corrected chi connectivity index (χ0v) is 21.3. The molecule has 6 nitrogen and oxygen atoms in total. The van der Waals surface area contributed by atoms with Gasteiger partial charge in [-0.3, -0.25) is 0 Å². The first-order valence-corrected chi connectivity index (χ1v) is 12.1. The van der Waals surface area contributed by atoms with Gasteiger partial charge in [0.1, 0.15) is 35.4 Å². The van der Waals surface area contributed by atoms with E-state index in [4.69, 9.17) is 9.47 Å². The number of halogens is 3. The highest BCUT2D eigenvalue weighted by Gasteiger charge is 2.49. The van der Waals surface area contributed by atoms with Crippen LogP contribution in [0.1, 0.15) is 49.2 Å². The third-order valence-corrected chi connectivity index (χ3v) is 6.07. The monoisotopic (exact) mass is 513 g/mol. The van der Waals surface area contributed by atoms with Crippen molar-refractivity contribution in [2.75, 3.05) is 25.6 Å². The topological polar surface area (TPSA) is 76.5 Å². The van der Waals surface area contributed by atoms with Crippen LogP contribution in [0.4, 0.5) is 19.0 Å². The van der Waals surface area contributed by atoms with E-state index in [9.17, 15) is 13.9 Å². The summed E-state index contributed by atoms with van der Waals surface area (Å²) in [5, 5.41) is 13.6. The highest BCUT2D eigenvalue weighted by Crippen LogP contribution is 2.40. The molecule has 0 saturated heterocycles. The Bertz CT molecular complexity index is 1360. The average molecular weight is 514 g/mol. The lowest BCUT2D eigenvalue weighted by Gasteiger charge is -2.30. The van der Waals surface area contributed by atoms with E-state index in [0.717, 1.165) is 32.8 Å². The summed E-state index contributed by atoms with van der Waals surface area (Å²) in [4.78, 5) is 8.98. The Hall–Kier alpha value is -3.35. The standard InChI is InChI=1S/C28H30F3N3O3/c1-17-33-23-14-19(11-10-18-8-9-18)24(37-13-12-36-4)15-21(23)26(34-17)32-16-20-6-5-7-22(25(20)29)28(30,31)27(2,3)35/h5-7,14-15,18,35H,8-9,12-13,16H2,1-4H3,(H,32,33,34). The lowest BCUT2D eigenvalue weighted by Crippen LogP contribution is -2.41. The van der Waals surface area contributed by atoms with E-state index in [0.29, 0.717) is 53.0 Å². The van der Waals surface area contributed by atoms with Gasteiger partial charge in [-0.15, -0.1) is 0 Å². The van der Waals surface area contributed by atoms with E-state index in [1.165, 1.54) is 12.1 Å². The van der Waals surface area contributed by atoms with Crippen LogP contribution in [0.5, 0.6) is 5.75 Å². The minimum absolute atomic E-state index is 0.00864. The van der Waals surface area contributed by atoms with Crippen molar-refractivity contribution in [3.8, 4) is 17.6 Å². The molecule has 196 valence electrons. The molecule has 0 spiro atoms. The van der Waals surface area contributed by atoms with E-state index in [1.807, 2.05) is 6.07 Å². The van der Waals surface area contributed by atoms with Crippen LogP contribution in [-0.4, -0.2) is 41.0 Å². The summed E-state index contributed by atoms with van der Waals surface area (Å²) in [6.45, 7) is 4.23. The maximum atomic E-state index is 15.1. The number of alkyl halides is 2. The summed E-state index contributed by atoms with van der Waals surface area (Å²) in [6.07, 6.45) is 2.19. The van der Waals surface area contributed by atoms with Crippen molar-refractivity contribution in [1.29, 1.82) is 0 Å². The summed E-state index contributed by atoms with van der Waals surface area (Å²) >= 11 is 0. The van der Waals surface area contributed by atoms with Crippen molar-refractivity contribution in [3.63, 3.8) is 0 Å². The number of hydrogen-bond donors (Lipinski definition) is 2. The van der Waals surface area contributed by atoms with Crippen LogP contribution < -0.4 is 10.1 Å². The minimum atomic E-state index is -3.78. The second-order valence-corrected chi connectivity index (χ2v) is 9.64. The Morgan fingerprint density at radius 2 is 1.92 bits per heavy atom. The van der Waals surface area contributed by atoms with Crippen LogP contribution in [0, 0.1) is 30.5 Å². The van der Waals surface area contributed by atoms with E-state index >= 15 is 4.39 Å². The van der Waals surface area contributed by atoms with Crippen molar-refractivity contribution < 1.29 is 27.8 Å². The number of aliphatic hydroxyl groups is 1. The van der Waals surface area contributed by atoms with Gasteiger partial charge in [0.2, 0.25) is 0 Å². The maximum absolute atomic E-state index is 15.1. The zero-order chi connectivity index (χ0) is 26.8. The Balaban J connectivity index is 1.68. The molecule has 37 heavy (non-hydrogen) atoms. The maximum Gasteiger partial charge on any atom is 0.303 e. The van der Waals surface area contributed by atoms with Crippen LogP contribution in [0.15, 0.2) is 30.3 Å². The van der Waals surface area contributed by atoms with Gasteiger partial charge >= 0.3 is 5.92 Å². The molecule has 1 heterocycles. The van der Waals surface area contributed by atoms with Crippen molar-refractivity contribution >= 4 is 16.7 Å². The first-order chi connectivity index (χ1) is 17.5. The van der Waals surface area contributed by atoms with Gasteiger partial charge in [0.15, 0.2) is 0 Å². The van der Waals surface area contributed by atoms with E-state index < -0.39 is 22.9 Å². The second-order valence-electron chi connectivity index (χ2n) is 9.64. The normalized spacial score (nSPS) is 13.8. The highest BCUT2D eigenvalue weighted by molar-refractivity contribution is 5.91. The molecule has 1 aliphatic carbocycles. The number of rotatable bonds is 9. The van der Waals surface area contributed by atoms with Crippen molar-refractivity contribution in [2.24, 2.45) is 5.92 Å². The number of benzene rings is 2. The van der Waals surface area contributed by atoms with Gasteiger partial charge in [0, 0.05) is 30.5 Å². The van der Waals surface area contributed by atoms with Crippen LogP contribution >= 0.6 is 0 Å². The Morgan fingerprint density at radius 3 is 2.59 bits per heavy atom. The molecule has 0 aliphatic heterocycles. The van der Waals surface area contributed by atoms with Gasteiger partial charge in [-0.05, 0) is 51.8 Å². The lowest BCUT2D eigenvalue weighted by molar-refractivity contribution is -0.170. The van der Waals surface area contributed by atoms with Gasteiger partial charge in [-0.1, -0.05) is 24.0 Å². The predicted octanol–water partition coefficient (Wildman–Crippen LogP) is 5.34. The summed E-state index contributed by atoms with van der Waals surface area (Å²) in [6, 6.07) is 7.34. The van der Waals surface area contributed by atoms with Crippen molar-refractivity contribution in [1.82, 2.24) is 9.97 Å². The van der Waals surface area contributed by atoms with Crippen molar-refractivity contribution in [3.05, 3.63) is 58.7 Å². The Labute approximate surface area is 214 Å². The molecule has 2 aromatic carbocycles. The molecule has 9 heteroatoms. The molecule has 1 saturated carbocycles. The molecule has 3 aromatic rings. The molecule has 4 rings (SSSR count). The molecule has 1 fully saturated rings. The van der Waals surface area contributed by atoms with Crippen LogP contribution in [0.25, 0.3) is 10.9 Å². The largest absolute Gasteiger partial charge is 0.490 e. The van der Waals surface area contributed by atoms with Crippen LogP contribution in [0.2, 0.25) is 0 Å². The number of hydrogen-bond acceptors (Lipinski definition) is 6. The number of methoxy groups -OCH3 is 1. The summed E-state index contributed by atoms with van der Waals surface area (Å²) in [5.74, 6) is 3.40. The minimum Gasteiger partial charge on any atom is -0.490 e. The summed E-state index contributed by atoms with van der Waals surface area (Å²) in [5.41, 5.74) is -1.96. The fraction of sp³-hybridized carbons (Fsp3) is 0.429. The second kappa shape index (κ2) is 10.6. The number of fused-ring (bicyclic) bond motifs is 1. The van der Waals surface area contributed by atoms with Crippen LogP contribution in [0.3, 0.4) is 0 Å². The third-order valence-electron chi connectivity index (χ3n) is 6.07. The molecule has 0 unspecified atom stereocenters. The molecule has 0 radical (unpaired) electrons. The molecule has 0 amide bonds. The number of ether oxygens (including phenoxy) is 2. The molecule has 1 aliphatic rings. The van der Waals surface area contributed by atoms with Gasteiger partial charge in [-0.2, -0.15) is 8.78 Å². The molecular formula is C28H30F3N3O3. The average Bonchev–Trinajstić information content (AvgIpc) is 3.66. The fourth-order valence-electron chi connectivity index (χ4n) is 3.73. The molecular weight excluding hydrogens is 483 g/mol. The van der Waals surface area contributed by atoms with Gasteiger partial charge in [-0.25, -0.2) is 14.4 Å². The van der Waals surface area contributed by atoms with Gasteiger partial charge < -0.3 is 19.9 Å². The highest BCUT2D eigenvalue weighted by atomic mass is 19.3. The quantitative estimate of drug-likeness (QED) is 0.297. The number of aromatic nitrogens is 2. The van der Waals surface area contributed by atoms with Crippen LogP contribution in [-0.2, 0) is 17.2 Å². The summed E-state index contributed by atoms with van der Waals surface area (Å²) in [7, 11) is 1.59. The number of aryl methyl sites for hydroxylation is 1. The molecule has 0 atom stereocenters. The number of anilines is 1. The molecule has 0 bridgehead atoms. The summed E-state index contributed by atoms with van der Waals surface area (Å²) < 4.78 is 55.5. The van der Waals surface area contributed by atoms with Gasteiger partial charge in [0.05, 0.1) is 23.3 Å². The number of nitrogens with one attached hydrogen (secondary N) is 1. The first kappa shape index (κ1) is 26.7. The third kappa shape index (κ3) is 5.97. The Morgan fingerprint density at radius 1 is 1.16 bits per heavy atom. The number of nitrogens with zero attached hydrogens (tertiary/aromatic N) is 2. The lowest BCUT2D eigenvalue weighted by atomic mass is 9.92. The van der Waals surface area contributed by atoms with Crippen molar-refractivity contribution in [2.45, 2.75) is 51.7 Å². The first-order valence-electron chi connectivity index (χ1n) is 12.1. The molecule has 2 N–H and O–H groups in total. The zero-order valence-electron chi connectivity index (χ0n) is 21.3. The van der Waals surface area contributed by atoms with E-state index in [1.54, 1.807) is 20.1 Å². The Kier molecular flexibility index (Phi) is 7.62. The smallest absolute Gasteiger partial charge is 0.303 e. The fourth-order valence-corrected chi connectivity index (χ4v) is 3.73. The van der Waals surface area contributed by atoms with Gasteiger partial charge in [0.25, 0.3) is 0 Å². The molecule has 1 aromatic heterocycles. The van der Waals surface area contributed by atoms with E-state index in [-0.39, 0.29) is 12.1 Å². The predicted molar refractivity (Wildman–Crippen MR) is 135 cm³/mol. The van der Waals surface area contributed by atoms with E-state index in [2.05, 4.69) is 27.1 Å².